The summed E-state index contributed by atoms with van der Waals surface area (Å²) in [5.74, 6) is 0. The highest BCUT2D eigenvalue weighted by atomic mass is 16.3. The van der Waals surface area contributed by atoms with E-state index < -0.39 is 6.10 Å². The Bertz CT molecular complexity index is 128. The van der Waals surface area contributed by atoms with Crippen LogP contribution >= 0.6 is 0 Å². The van der Waals surface area contributed by atoms with E-state index in [0.29, 0.717) is 13.0 Å². The zero-order valence-corrected chi connectivity index (χ0v) is 7.29. The number of aliphatic hydroxyl groups excluding tert-OH is 1. The summed E-state index contributed by atoms with van der Waals surface area (Å²) in [6.07, 6.45) is 0.249. The van der Waals surface area contributed by atoms with Crippen LogP contribution in [0.2, 0.25) is 0 Å². The minimum absolute atomic E-state index is 0.169. The predicted octanol–water partition coefficient (Wildman–Crippen LogP) is 0.0285. The highest BCUT2D eigenvalue weighted by Gasteiger charge is 2.09. The molecule has 0 aliphatic carbocycles. The van der Waals surface area contributed by atoms with Gasteiger partial charge in [0.1, 0.15) is 0 Å². The van der Waals surface area contributed by atoms with E-state index >= 15 is 0 Å². The molecule has 0 aromatic rings. The number of nitrogens with one attached hydrogen (secondary N) is 1. The van der Waals surface area contributed by atoms with Crippen LogP contribution in [0.5, 0.6) is 0 Å². The first-order chi connectivity index (χ1) is 5.11. The van der Waals surface area contributed by atoms with Gasteiger partial charge in [0, 0.05) is 20.6 Å². The fourth-order valence-electron chi connectivity index (χ4n) is 0.719. The first kappa shape index (κ1) is 10.2. The van der Waals surface area contributed by atoms with Crippen molar-refractivity contribution in [2.45, 2.75) is 19.4 Å². The molecule has 0 rings (SSSR count). The molecule has 1 unspecified atom stereocenters. The first-order valence-electron chi connectivity index (χ1n) is 3.72. The quantitative estimate of drug-likeness (QED) is 0.612. The lowest BCUT2D eigenvalue weighted by molar-refractivity contribution is 0.128. The van der Waals surface area contributed by atoms with Gasteiger partial charge in [-0.25, -0.2) is 4.79 Å². The number of aliphatic hydroxyl groups is 1. The second kappa shape index (κ2) is 4.96. The number of rotatable bonds is 3. The van der Waals surface area contributed by atoms with Crippen LogP contribution < -0.4 is 5.32 Å². The van der Waals surface area contributed by atoms with Crippen LogP contribution in [0.3, 0.4) is 0 Å². The summed E-state index contributed by atoms with van der Waals surface area (Å²) >= 11 is 0. The lowest BCUT2D eigenvalue weighted by Crippen LogP contribution is -2.39. The highest BCUT2D eigenvalue weighted by molar-refractivity contribution is 5.73. The van der Waals surface area contributed by atoms with E-state index in [4.69, 9.17) is 5.11 Å². The maximum atomic E-state index is 10.9. The maximum Gasteiger partial charge on any atom is 0.316 e. The van der Waals surface area contributed by atoms with Crippen molar-refractivity contribution in [1.29, 1.82) is 0 Å². The van der Waals surface area contributed by atoms with E-state index in [9.17, 15) is 4.79 Å². The molecule has 2 N–H and O–H groups in total. The minimum atomic E-state index is -0.419. The lowest BCUT2D eigenvalue weighted by Gasteiger charge is -2.19. The Morgan fingerprint density at radius 3 is 2.64 bits per heavy atom. The molecule has 0 bridgehead atoms. The van der Waals surface area contributed by atoms with Gasteiger partial charge in [-0.3, -0.25) is 0 Å². The molecular weight excluding hydrogens is 144 g/mol. The van der Waals surface area contributed by atoms with Gasteiger partial charge >= 0.3 is 6.03 Å². The Morgan fingerprint density at radius 1 is 1.73 bits per heavy atom. The Labute approximate surface area is 67.2 Å². The molecule has 0 saturated heterocycles. The molecule has 0 aliphatic rings. The van der Waals surface area contributed by atoms with E-state index in [1.54, 1.807) is 14.1 Å². The third kappa shape index (κ3) is 3.83. The van der Waals surface area contributed by atoms with E-state index in [-0.39, 0.29) is 6.03 Å². The molecule has 1 atom stereocenters. The molecule has 4 heteroatoms. The summed E-state index contributed by atoms with van der Waals surface area (Å²) in [4.78, 5) is 12.3. The summed E-state index contributed by atoms with van der Waals surface area (Å²) in [6.45, 7) is 2.26. The summed E-state index contributed by atoms with van der Waals surface area (Å²) in [5.41, 5.74) is 0. The topological polar surface area (TPSA) is 52.6 Å². The van der Waals surface area contributed by atoms with Crippen molar-refractivity contribution < 1.29 is 9.90 Å². The molecule has 0 radical (unpaired) electrons. The predicted molar refractivity (Wildman–Crippen MR) is 43.4 cm³/mol. The van der Waals surface area contributed by atoms with Crippen molar-refractivity contribution in [3.63, 3.8) is 0 Å². The Morgan fingerprint density at radius 2 is 2.27 bits per heavy atom. The average molecular weight is 160 g/mol. The molecule has 0 aliphatic heterocycles. The number of urea groups is 1. The molecule has 66 valence electrons. The van der Waals surface area contributed by atoms with Crippen LogP contribution in [-0.4, -0.2) is 42.8 Å². The zero-order valence-electron chi connectivity index (χ0n) is 7.29. The van der Waals surface area contributed by atoms with Gasteiger partial charge in [-0.1, -0.05) is 6.92 Å². The average Bonchev–Trinajstić information content (AvgIpc) is 2.02. The van der Waals surface area contributed by atoms with Gasteiger partial charge in [0.05, 0.1) is 6.10 Å². The fraction of sp³-hybridized carbons (Fsp3) is 0.857. The third-order valence-electron chi connectivity index (χ3n) is 1.52. The standard InChI is InChI=1S/C7H16N2O2/c1-4-6(10)5-9(3)7(11)8-2/h6,10H,4-5H2,1-3H3,(H,8,11). The largest absolute Gasteiger partial charge is 0.391 e. The Hall–Kier alpha value is -0.770. The maximum absolute atomic E-state index is 10.9. The van der Waals surface area contributed by atoms with Crippen LogP contribution in [0.1, 0.15) is 13.3 Å². The van der Waals surface area contributed by atoms with Crippen molar-refractivity contribution in [2.24, 2.45) is 0 Å². The van der Waals surface area contributed by atoms with Crippen molar-refractivity contribution in [3.8, 4) is 0 Å². The van der Waals surface area contributed by atoms with E-state index in [1.165, 1.54) is 4.90 Å². The zero-order chi connectivity index (χ0) is 8.85. The van der Waals surface area contributed by atoms with E-state index in [1.807, 2.05) is 6.92 Å². The van der Waals surface area contributed by atoms with Gasteiger partial charge in [0.15, 0.2) is 0 Å². The molecular formula is C7H16N2O2. The first-order valence-corrected chi connectivity index (χ1v) is 3.72. The molecule has 2 amide bonds. The molecule has 0 spiro atoms. The van der Waals surface area contributed by atoms with Gasteiger partial charge in [0.25, 0.3) is 0 Å². The van der Waals surface area contributed by atoms with Crippen LogP contribution in [0, 0.1) is 0 Å². The number of carbonyl (C=O) groups is 1. The minimum Gasteiger partial charge on any atom is -0.391 e. The molecule has 4 nitrogen and oxygen atoms in total. The van der Waals surface area contributed by atoms with Gasteiger partial charge in [-0.15, -0.1) is 0 Å². The van der Waals surface area contributed by atoms with Gasteiger partial charge in [-0.2, -0.15) is 0 Å². The summed E-state index contributed by atoms with van der Waals surface area (Å²) in [5, 5.41) is 11.6. The van der Waals surface area contributed by atoms with E-state index in [2.05, 4.69) is 5.32 Å². The molecule has 0 heterocycles. The van der Waals surface area contributed by atoms with Crippen LogP contribution in [0.15, 0.2) is 0 Å². The molecule has 0 fully saturated rings. The normalized spacial score (nSPS) is 12.4. The smallest absolute Gasteiger partial charge is 0.316 e. The summed E-state index contributed by atoms with van der Waals surface area (Å²) in [6, 6.07) is -0.169. The Balaban J connectivity index is 3.67. The Kier molecular flexibility index (Phi) is 4.61. The fourth-order valence-corrected chi connectivity index (χ4v) is 0.719. The molecule has 0 saturated carbocycles. The van der Waals surface area contributed by atoms with Crippen molar-refractivity contribution in [1.82, 2.24) is 10.2 Å². The number of amides is 2. The summed E-state index contributed by atoms with van der Waals surface area (Å²) < 4.78 is 0. The van der Waals surface area contributed by atoms with Gasteiger partial charge in [-0.05, 0) is 6.42 Å². The SMILES string of the molecule is CCC(O)CN(C)C(=O)NC. The van der Waals surface area contributed by atoms with Crippen molar-refractivity contribution >= 4 is 6.03 Å². The molecule has 11 heavy (non-hydrogen) atoms. The van der Waals surface area contributed by atoms with Crippen molar-refractivity contribution in [2.75, 3.05) is 20.6 Å². The summed E-state index contributed by atoms with van der Waals surface area (Å²) in [7, 11) is 3.22. The van der Waals surface area contributed by atoms with Crippen LogP contribution in [-0.2, 0) is 0 Å². The van der Waals surface area contributed by atoms with Crippen LogP contribution in [0.25, 0.3) is 0 Å². The second-order valence-electron chi connectivity index (χ2n) is 2.50. The number of hydrogen-bond acceptors (Lipinski definition) is 2. The van der Waals surface area contributed by atoms with E-state index in [0.717, 1.165) is 0 Å². The number of likely N-dealkylation sites (N-methyl/N-ethyl adjacent to an activating group) is 1. The van der Waals surface area contributed by atoms with Crippen LogP contribution in [0.4, 0.5) is 4.79 Å². The molecule has 0 aromatic heterocycles. The number of carbonyl (C=O) groups excluding carboxylic acids is 1. The highest BCUT2D eigenvalue weighted by Crippen LogP contribution is 1.93. The van der Waals surface area contributed by atoms with Gasteiger partial charge in [0.2, 0.25) is 0 Å². The van der Waals surface area contributed by atoms with Crippen molar-refractivity contribution in [3.05, 3.63) is 0 Å². The lowest BCUT2D eigenvalue weighted by atomic mass is 10.3. The number of hydrogen-bond donors (Lipinski definition) is 2. The monoisotopic (exact) mass is 160 g/mol. The second-order valence-corrected chi connectivity index (χ2v) is 2.50. The van der Waals surface area contributed by atoms with Gasteiger partial charge < -0.3 is 15.3 Å². The number of nitrogens with zero attached hydrogens (tertiary/aromatic N) is 1. The third-order valence-corrected chi connectivity index (χ3v) is 1.52. The molecule has 0 aromatic carbocycles.